The number of nitrogens with zero attached hydrogens (tertiary/aromatic N) is 3. The number of carbonyl (C=O) groups is 1. The molecular formula is C16H26N4O. The number of piperidine rings is 2. The van der Waals surface area contributed by atoms with Crippen LogP contribution in [0.15, 0.2) is 12.4 Å². The molecule has 0 aliphatic carbocycles. The zero-order chi connectivity index (χ0) is 14.7. The molecule has 1 aromatic rings. The van der Waals surface area contributed by atoms with Gasteiger partial charge < -0.3 is 9.80 Å². The highest BCUT2D eigenvalue weighted by molar-refractivity contribution is 5.76. The van der Waals surface area contributed by atoms with Crippen LogP contribution < -0.4 is 0 Å². The first-order valence-electron chi connectivity index (χ1n) is 8.11. The highest BCUT2D eigenvalue weighted by atomic mass is 16.2. The molecule has 0 unspecified atom stereocenters. The Morgan fingerprint density at radius 1 is 1.33 bits per heavy atom. The normalized spacial score (nSPS) is 22.6. The molecule has 2 aliphatic heterocycles. The van der Waals surface area contributed by atoms with Gasteiger partial charge in [-0.25, -0.2) is 0 Å². The summed E-state index contributed by atoms with van der Waals surface area (Å²) < 4.78 is 0. The minimum absolute atomic E-state index is 0.301. The maximum absolute atomic E-state index is 12.3. The predicted octanol–water partition coefficient (Wildman–Crippen LogP) is 1.68. The molecule has 2 aliphatic rings. The van der Waals surface area contributed by atoms with E-state index in [4.69, 9.17) is 0 Å². The number of aryl methyl sites for hydroxylation is 1. The zero-order valence-electron chi connectivity index (χ0n) is 13.0. The fourth-order valence-corrected chi connectivity index (χ4v) is 3.92. The molecule has 0 radical (unpaired) electrons. The summed E-state index contributed by atoms with van der Waals surface area (Å²) in [6.07, 6.45) is 10.1. The molecular weight excluding hydrogens is 264 g/mol. The SMILES string of the molecule is CN1CCCC2(CCN(C(=O)CCc3cn[nH]c3)CC2)C1. The Labute approximate surface area is 126 Å². The van der Waals surface area contributed by atoms with Crippen LogP contribution in [0.4, 0.5) is 0 Å². The Bertz CT molecular complexity index is 463. The van der Waals surface area contributed by atoms with Gasteiger partial charge in [-0.1, -0.05) is 0 Å². The van der Waals surface area contributed by atoms with Gasteiger partial charge in [-0.3, -0.25) is 9.89 Å². The Hall–Kier alpha value is -1.36. The van der Waals surface area contributed by atoms with E-state index in [1.54, 1.807) is 6.20 Å². The lowest BCUT2D eigenvalue weighted by atomic mass is 9.72. The molecule has 116 valence electrons. The van der Waals surface area contributed by atoms with Crippen molar-refractivity contribution in [3.05, 3.63) is 18.0 Å². The van der Waals surface area contributed by atoms with E-state index in [-0.39, 0.29) is 0 Å². The first-order valence-corrected chi connectivity index (χ1v) is 8.11. The van der Waals surface area contributed by atoms with Crippen molar-refractivity contribution in [2.75, 3.05) is 33.2 Å². The fourth-order valence-electron chi connectivity index (χ4n) is 3.92. The number of aromatic amines is 1. The highest BCUT2D eigenvalue weighted by Gasteiger charge is 2.38. The smallest absolute Gasteiger partial charge is 0.222 e. The topological polar surface area (TPSA) is 52.2 Å². The summed E-state index contributed by atoms with van der Waals surface area (Å²) in [5.74, 6) is 0.301. The molecule has 1 amide bonds. The van der Waals surface area contributed by atoms with Crippen LogP contribution in [0.1, 0.15) is 37.7 Å². The van der Waals surface area contributed by atoms with Crippen molar-refractivity contribution >= 4 is 5.91 Å². The molecule has 1 spiro atoms. The van der Waals surface area contributed by atoms with Crippen LogP contribution in [0.25, 0.3) is 0 Å². The summed E-state index contributed by atoms with van der Waals surface area (Å²) in [4.78, 5) is 16.8. The monoisotopic (exact) mass is 290 g/mol. The molecule has 0 saturated carbocycles. The second kappa shape index (κ2) is 6.18. The third-order valence-corrected chi connectivity index (χ3v) is 5.21. The van der Waals surface area contributed by atoms with E-state index >= 15 is 0 Å². The Kier molecular flexibility index (Phi) is 4.29. The lowest BCUT2D eigenvalue weighted by Gasteiger charge is -2.47. The zero-order valence-corrected chi connectivity index (χ0v) is 13.0. The quantitative estimate of drug-likeness (QED) is 0.921. The number of aromatic nitrogens is 2. The van der Waals surface area contributed by atoms with Crippen molar-refractivity contribution in [2.45, 2.75) is 38.5 Å². The van der Waals surface area contributed by atoms with Gasteiger partial charge in [-0.15, -0.1) is 0 Å². The average Bonchev–Trinajstić information content (AvgIpc) is 2.99. The molecule has 21 heavy (non-hydrogen) atoms. The van der Waals surface area contributed by atoms with Gasteiger partial charge in [0.05, 0.1) is 6.20 Å². The third kappa shape index (κ3) is 3.46. The second-order valence-corrected chi connectivity index (χ2v) is 6.83. The fraction of sp³-hybridized carbons (Fsp3) is 0.750. The van der Waals surface area contributed by atoms with Gasteiger partial charge in [0.2, 0.25) is 5.91 Å². The standard InChI is InChI=1S/C16H26N4O/c1-19-8-2-5-16(13-19)6-9-20(10-7-16)15(21)4-3-14-11-17-18-12-14/h11-12H,2-10,13H2,1H3,(H,17,18). The van der Waals surface area contributed by atoms with Crippen molar-refractivity contribution in [1.82, 2.24) is 20.0 Å². The number of likely N-dealkylation sites (tertiary alicyclic amines) is 2. The molecule has 2 saturated heterocycles. The highest BCUT2D eigenvalue weighted by Crippen LogP contribution is 2.39. The summed E-state index contributed by atoms with van der Waals surface area (Å²) in [5.41, 5.74) is 1.60. The number of hydrogen-bond acceptors (Lipinski definition) is 3. The molecule has 3 rings (SSSR count). The van der Waals surface area contributed by atoms with Crippen molar-refractivity contribution in [3.8, 4) is 0 Å². The van der Waals surface area contributed by atoms with Gasteiger partial charge in [-0.05, 0) is 56.7 Å². The molecule has 0 aromatic carbocycles. The number of nitrogens with one attached hydrogen (secondary N) is 1. The molecule has 1 N–H and O–H groups in total. The lowest BCUT2D eigenvalue weighted by molar-refractivity contribution is -0.134. The maximum atomic E-state index is 12.3. The van der Waals surface area contributed by atoms with E-state index in [1.807, 2.05) is 6.20 Å². The predicted molar refractivity (Wildman–Crippen MR) is 81.9 cm³/mol. The molecule has 0 atom stereocenters. The van der Waals surface area contributed by atoms with E-state index in [9.17, 15) is 4.79 Å². The van der Waals surface area contributed by atoms with Crippen LogP contribution in [0.3, 0.4) is 0 Å². The van der Waals surface area contributed by atoms with E-state index < -0.39 is 0 Å². The van der Waals surface area contributed by atoms with Crippen molar-refractivity contribution in [1.29, 1.82) is 0 Å². The van der Waals surface area contributed by atoms with E-state index in [1.165, 1.54) is 38.8 Å². The second-order valence-electron chi connectivity index (χ2n) is 6.83. The van der Waals surface area contributed by atoms with Crippen molar-refractivity contribution in [3.63, 3.8) is 0 Å². The first kappa shape index (κ1) is 14.6. The summed E-state index contributed by atoms with van der Waals surface area (Å²) in [6, 6.07) is 0. The summed E-state index contributed by atoms with van der Waals surface area (Å²) >= 11 is 0. The molecule has 0 bridgehead atoms. The van der Waals surface area contributed by atoms with Crippen LogP contribution in [-0.4, -0.2) is 59.1 Å². The Morgan fingerprint density at radius 3 is 2.81 bits per heavy atom. The van der Waals surface area contributed by atoms with Crippen LogP contribution in [-0.2, 0) is 11.2 Å². The summed E-state index contributed by atoms with van der Waals surface area (Å²) in [6.45, 7) is 4.33. The number of rotatable bonds is 3. The minimum atomic E-state index is 0.301. The van der Waals surface area contributed by atoms with Crippen molar-refractivity contribution in [2.24, 2.45) is 5.41 Å². The average molecular weight is 290 g/mol. The van der Waals surface area contributed by atoms with E-state index in [2.05, 4.69) is 27.0 Å². The molecule has 2 fully saturated rings. The molecule has 3 heterocycles. The summed E-state index contributed by atoms with van der Waals surface area (Å²) in [5, 5.41) is 6.72. The van der Waals surface area contributed by atoms with Crippen LogP contribution in [0.2, 0.25) is 0 Å². The molecule has 5 heteroatoms. The molecule has 5 nitrogen and oxygen atoms in total. The van der Waals surface area contributed by atoms with Gasteiger partial charge in [-0.2, -0.15) is 5.10 Å². The molecule has 1 aromatic heterocycles. The number of amides is 1. The van der Waals surface area contributed by atoms with Gasteiger partial charge >= 0.3 is 0 Å². The van der Waals surface area contributed by atoms with Crippen LogP contribution in [0.5, 0.6) is 0 Å². The maximum Gasteiger partial charge on any atom is 0.222 e. The Morgan fingerprint density at radius 2 is 2.14 bits per heavy atom. The van der Waals surface area contributed by atoms with Gasteiger partial charge in [0, 0.05) is 32.3 Å². The first-order chi connectivity index (χ1) is 10.2. The minimum Gasteiger partial charge on any atom is -0.343 e. The largest absolute Gasteiger partial charge is 0.343 e. The lowest BCUT2D eigenvalue weighted by Crippen LogP contribution is -2.49. The van der Waals surface area contributed by atoms with Gasteiger partial charge in [0.25, 0.3) is 0 Å². The van der Waals surface area contributed by atoms with Gasteiger partial charge in [0.15, 0.2) is 0 Å². The van der Waals surface area contributed by atoms with E-state index in [0.717, 1.165) is 25.1 Å². The number of hydrogen-bond donors (Lipinski definition) is 1. The number of H-pyrrole nitrogens is 1. The van der Waals surface area contributed by atoms with Crippen LogP contribution in [0, 0.1) is 5.41 Å². The summed E-state index contributed by atoms with van der Waals surface area (Å²) in [7, 11) is 2.23. The van der Waals surface area contributed by atoms with E-state index in [0.29, 0.717) is 17.7 Å². The van der Waals surface area contributed by atoms with Crippen molar-refractivity contribution < 1.29 is 4.79 Å². The number of carbonyl (C=O) groups excluding carboxylic acids is 1. The third-order valence-electron chi connectivity index (χ3n) is 5.21. The Balaban J connectivity index is 1.47. The van der Waals surface area contributed by atoms with Crippen LogP contribution >= 0.6 is 0 Å². The van der Waals surface area contributed by atoms with Gasteiger partial charge in [0.1, 0.15) is 0 Å².